The SMILES string of the molecule is COCCC1(Cn2c(N)nc3cc(I)ccc32)CC1. The van der Waals surface area contributed by atoms with E-state index in [1.165, 1.54) is 16.4 Å². The molecule has 0 unspecified atom stereocenters. The van der Waals surface area contributed by atoms with Crippen molar-refractivity contribution in [2.24, 2.45) is 5.41 Å². The number of nitrogens with two attached hydrogens (primary N) is 1. The molecule has 4 nitrogen and oxygen atoms in total. The largest absolute Gasteiger partial charge is 0.385 e. The van der Waals surface area contributed by atoms with Crippen LogP contribution in [0.25, 0.3) is 11.0 Å². The molecule has 0 spiro atoms. The fraction of sp³-hybridized carbons (Fsp3) is 0.500. The van der Waals surface area contributed by atoms with Gasteiger partial charge in [-0.2, -0.15) is 0 Å². The summed E-state index contributed by atoms with van der Waals surface area (Å²) in [6.07, 6.45) is 3.63. The van der Waals surface area contributed by atoms with Crippen LogP contribution in [0.5, 0.6) is 0 Å². The topological polar surface area (TPSA) is 53.1 Å². The van der Waals surface area contributed by atoms with Gasteiger partial charge in [0.25, 0.3) is 0 Å². The number of hydrogen-bond donors (Lipinski definition) is 1. The Balaban J connectivity index is 1.90. The minimum Gasteiger partial charge on any atom is -0.385 e. The molecule has 102 valence electrons. The summed E-state index contributed by atoms with van der Waals surface area (Å²) in [4.78, 5) is 4.47. The third-order valence-electron chi connectivity index (χ3n) is 4.03. The van der Waals surface area contributed by atoms with Crippen molar-refractivity contribution in [3.63, 3.8) is 0 Å². The maximum Gasteiger partial charge on any atom is 0.201 e. The van der Waals surface area contributed by atoms with E-state index in [2.05, 4.69) is 50.3 Å². The van der Waals surface area contributed by atoms with E-state index >= 15 is 0 Å². The molecule has 0 aliphatic heterocycles. The van der Waals surface area contributed by atoms with Crippen LogP contribution in [0.4, 0.5) is 5.95 Å². The Morgan fingerprint density at radius 1 is 1.47 bits per heavy atom. The lowest BCUT2D eigenvalue weighted by molar-refractivity contribution is 0.167. The first kappa shape index (κ1) is 13.2. The zero-order valence-electron chi connectivity index (χ0n) is 11.0. The number of hydrogen-bond acceptors (Lipinski definition) is 3. The zero-order valence-corrected chi connectivity index (χ0v) is 13.2. The molecule has 0 atom stereocenters. The molecule has 2 N–H and O–H groups in total. The number of halogens is 1. The summed E-state index contributed by atoms with van der Waals surface area (Å²) in [5, 5.41) is 0. The highest BCUT2D eigenvalue weighted by Gasteiger charge is 2.42. The monoisotopic (exact) mass is 371 g/mol. The predicted molar refractivity (Wildman–Crippen MR) is 85.0 cm³/mol. The predicted octanol–water partition coefficient (Wildman–Crippen LogP) is 3.04. The van der Waals surface area contributed by atoms with Crippen LogP contribution in [0.1, 0.15) is 19.3 Å². The second kappa shape index (κ2) is 4.94. The number of rotatable bonds is 5. The van der Waals surface area contributed by atoms with E-state index in [4.69, 9.17) is 10.5 Å². The minimum absolute atomic E-state index is 0.376. The Bertz CT molecular complexity index is 604. The molecular formula is C14H18IN3O. The number of methoxy groups -OCH3 is 1. The van der Waals surface area contributed by atoms with Crippen LogP contribution in [-0.2, 0) is 11.3 Å². The molecule has 3 rings (SSSR count). The van der Waals surface area contributed by atoms with Gasteiger partial charge >= 0.3 is 0 Å². The molecule has 0 bridgehead atoms. The van der Waals surface area contributed by atoms with Crippen molar-refractivity contribution < 1.29 is 4.74 Å². The van der Waals surface area contributed by atoms with E-state index in [-0.39, 0.29) is 0 Å². The number of benzene rings is 1. The van der Waals surface area contributed by atoms with Gasteiger partial charge in [0.05, 0.1) is 11.0 Å². The fourth-order valence-electron chi connectivity index (χ4n) is 2.61. The molecule has 2 aromatic rings. The van der Waals surface area contributed by atoms with Gasteiger partial charge in [0.1, 0.15) is 0 Å². The molecule has 1 fully saturated rings. The van der Waals surface area contributed by atoms with Gasteiger partial charge < -0.3 is 15.0 Å². The second-order valence-corrected chi connectivity index (χ2v) is 6.68. The maximum absolute atomic E-state index is 6.09. The molecule has 5 heteroatoms. The summed E-state index contributed by atoms with van der Waals surface area (Å²) in [6, 6.07) is 6.31. The molecule has 1 aromatic carbocycles. The van der Waals surface area contributed by atoms with Gasteiger partial charge in [-0.05, 0) is 65.5 Å². The van der Waals surface area contributed by atoms with Gasteiger partial charge in [-0.25, -0.2) is 4.98 Å². The minimum atomic E-state index is 0.376. The Morgan fingerprint density at radius 2 is 2.26 bits per heavy atom. The van der Waals surface area contributed by atoms with E-state index in [0.717, 1.165) is 30.6 Å². The first-order valence-corrected chi connectivity index (χ1v) is 7.62. The number of anilines is 1. The first-order chi connectivity index (χ1) is 9.13. The van der Waals surface area contributed by atoms with Gasteiger partial charge in [-0.15, -0.1) is 0 Å². The summed E-state index contributed by atoms with van der Waals surface area (Å²) in [7, 11) is 1.76. The van der Waals surface area contributed by atoms with Crippen LogP contribution in [-0.4, -0.2) is 23.3 Å². The molecule has 1 saturated carbocycles. The molecule has 1 aliphatic carbocycles. The van der Waals surface area contributed by atoms with Crippen molar-refractivity contribution in [3.05, 3.63) is 21.8 Å². The van der Waals surface area contributed by atoms with Crippen LogP contribution < -0.4 is 5.73 Å². The van der Waals surface area contributed by atoms with E-state index in [1.807, 2.05) is 0 Å². The highest BCUT2D eigenvalue weighted by Crippen LogP contribution is 2.50. The Kier molecular flexibility index (Phi) is 3.42. The average Bonchev–Trinajstić information content (AvgIpc) is 3.08. The lowest BCUT2D eigenvalue weighted by Crippen LogP contribution is -2.15. The van der Waals surface area contributed by atoms with Crippen molar-refractivity contribution in [2.45, 2.75) is 25.8 Å². The number of nitrogen functional groups attached to an aromatic ring is 1. The lowest BCUT2D eigenvalue weighted by Gasteiger charge is -2.16. The van der Waals surface area contributed by atoms with Crippen LogP contribution in [0, 0.1) is 8.99 Å². The summed E-state index contributed by atoms with van der Waals surface area (Å²) in [5.41, 5.74) is 8.59. The van der Waals surface area contributed by atoms with E-state index < -0.39 is 0 Å². The van der Waals surface area contributed by atoms with Crippen LogP contribution in [0.3, 0.4) is 0 Å². The molecule has 1 heterocycles. The second-order valence-electron chi connectivity index (χ2n) is 5.43. The summed E-state index contributed by atoms with van der Waals surface area (Å²) >= 11 is 2.30. The molecule has 1 aliphatic rings. The van der Waals surface area contributed by atoms with Crippen LogP contribution in [0.15, 0.2) is 18.2 Å². The van der Waals surface area contributed by atoms with E-state index in [9.17, 15) is 0 Å². The zero-order chi connectivity index (χ0) is 13.5. The lowest BCUT2D eigenvalue weighted by atomic mass is 10.0. The smallest absolute Gasteiger partial charge is 0.201 e. The molecule has 0 radical (unpaired) electrons. The van der Waals surface area contributed by atoms with Gasteiger partial charge in [0.2, 0.25) is 5.95 Å². The molecular weight excluding hydrogens is 353 g/mol. The third-order valence-corrected chi connectivity index (χ3v) is 4.70. The van der Waals surface area contributed by atoms with Crippen molar-refractivity contribution in [2.75, 3.05) is 19.5 Å². The standard InChI is InChI=1S/C14H18IN3O/c1-19-7-6-14(4-5-14)9-18-12-3-2-10(15)8-11(12)17-13(18)16/h2-3,8H,4-7,9H2,1H3,(H2,16,17). The summed E-state index contributed by atoms with van der Waals surface area (Å²) in [5.74, 6) is 0.626. The van der Waals surface area contributed by atoms with Crippen molar-refractivity contribution in [1.82, 2.24) is 9.55 Å². The molecule has 19 heavy (non-hydrogen) atoms. The molecule has 0 amide bonds. The first-order valence-electron chi connectivity index (χ1n) is 6.54. The van der Waals surface area contributed by atoms with Gasteiger partial charge in [0.15, 0.2) is 0 Å². The van der Waals surface area contributed by atoms with Crippen LogP contribution >= 0.6 is 22.6 Å². The maximum atomic E-state index is 6.09. The van der Waals surface area contributed by atoms with Crippen molar-refractivity contribution in [3.8, 4) is 0 Å². The Hall–Kier alpha value is -0.820. The van der Waals surface area contributed by atoms with Gasteiger partial charge in [-0.1, -0.05) is 0 Å². The third kappa shape index (κ3) is 2.58. The van der Waals surface area contributed by atoms with Gasteiger partial charge in [-0.3, -0.25) is 0 Å². The van der Waals surface area contributed by atoms with E-state index in [1.54, 1.807) is 7.11 Å². The summed E-state index contributed by atoms with van der Waals surface area (Å²) in [6.45, 7) is 1.78. The molecule has 1 aromatic heterocycles. The number of nitrogens with zero attached hydrogens (tertiary/aromatic N) is 2. The van der Waals surface area contributed by atoms with Crippen LogP contribution in [0.2, 0.25) is 0 Å². The highest BCUT2D eigenvalue weighted by atomic mass is 127. The number of aromatic nitrogens is 2. The fourth-order valence-corrected chi connectivity index (χ4v) is 3.08. The van der Waals surface area contributed by atoms with E-state index in [0.29, 0.717) is 11.4 Å². The summed E-state index contributed by atoms with van der Waals surface area (Å²) < 4.78 is 8.56. The quantitative estimate of drug-likeness (QED) is 0.823. The number of imidazole rings is 1. The Labute approximate surface area is 126 Å². The normalized spacial score (nSPS) is 16.9. The van der Waals surface area contributed by atoms with Crippen molar-refractivity contribution in [1.29, 1.82) is 0 Å². The van der Waals surface area contributed by atoms with Crippen molar-refractivity contribution >= 4 is 39.6 Å². The van der Waals surface area contributed by atoms with Gasteiger partial charge in [0, 0.05) is 23.8 Å². The number of ether oxygens (including phenoxy) is 1. The molecule has 0 saturated heterocycles. The average molecular weight is 371 g/mol. The number of fused-ring (bicyclic) bond motifs is 1. The highest BCUT2D eigenvalue weighted by molar-refractivity contribution is 14.1. The Morgan fingerprint density at radius 3 is 2.95 bits per heavy atom.